The fourth-order valence-corrected chi connectivity index (χ4v) is 5.11. The molecule has 12 nitrogen and oxygen atoms in total. The van der Waals surface area contributed by atoms with Crippen LogP contribution in [0.4, 0.5) is 27.7 Å². The molecule has 0 spiro atoms. The lowest BCUT2D eigenvalue weighted by Gasteiger charge is -2.13. The first-order chi connectivity index (χ1) is 20.7. The molecule has 0 amide bonds. The molecule has 15 heteroatoms. The summed E-state index contributed by atoms with van der Waals surface area (Å²) in [7, 11) is -5.33. The smallest absolute Gasteiger partial charge is 0.231 e. The van der Waals surface area contributed by atoms with Gasteiger partial charge in [0.1, 0.15) is 0 Å². The maximum absolute atomic E-state index is 14.3. The predicted molar refractivity (Wildman–Crippen MR) is 169 cm³/mol. The van der Waals surface area contributed by atoms with Crippen molar-refractivity contribution in [3.63, 3.8) is 0 Å². The maximum Gasteiger partial charge on any atom is 0.231 e. The second-order valence-corrected chi connectivity index (χ2v) is 13.7. The molecule has 0 saturated heterocycles. The Kier molecular flexibility index (Phi) is 9.59. The number of anilines is 4. The second-order valence-electron chi connectivity index (χ2n) is 9.62. The van der Waals surface area contributed by atoms with Crippen molar-refractivity contribution >= 4 is 54.4 Å². The lowest BCUT2D eigenvalue weighted by Crippen LogP contribution is -2.07. The Bertz CT molecular complexity index is 1840. The van der Waals surface area contributed by atoms with Crippen LogP contribution in [0, 0.1) is 5.82 Å². The molecule has 0 aliphatic rings. The van der Waals surface area contributed by atoms with Crippen LogP contribution in [-0.2, 0) is 19.7 Å². The first kappa shape index (κ1) is 32.0. The molecule has 0 aliphatic carbocycles. The molecule has 4 rings (SSSR count). The summed E-state index contributed by atoms with van der Waals surface area (Å²) >= 11 is 0. The normalized spacial score (nSPS) is 12.5. The van der Waals surface area contributed by atoms with E-state index in [1.807, 2.05) is 0 Å². The van der Waals surface area contributed by atoms with Gasteiger partial charge in [0, 0.05) is 18.6 Å². The van der Waals surface area contributed by atoms with Gasteiger partial charge in [0.05, 0.1) is 34.0 Å². The molecule has 0 fully saturated rings. The van der Waals surface area contributed by atoms with E-state index in [0.717, 1.165) is 12.5 Å². The molecule has 3 aromatic carbocycles. The molecule has 4 aromatic rings. The Labute approximate surface area is 255 Å². The van der Waals surface area contributed by atoms with E-state index in [-0.39, 0.29) is 38.8 Å². The Balaban J connectivity index is 1.64. The number of nitrogens with one attached hydrogen (secondary N) is 3. The largest absolute Gasteiger partial charge is 0.492 e. The SMILES string of the molecule is COc1c(F)cccc1Nc1nc(NN=C(C)c2ccc(S(C)(=O)=O)cc2)cc(NN=C(C)c2ccc(S(C)(=O)=O)cc2)n1. The fraction of sp³-hybridized carbons (Fsp3) is 0.172. The van der Waals surface area contributed by atoms with Gasteiger partial charge in [-0.2, -0.15) is 20.2 Å². The van der Waals surface area contributed by atoms with Crippen LogP contribution in [-0.4, -0.2) is 57.8 Å². The van der Waals surface area contributed by atoms with E-state index in [2.05, 4.69) is 36.3 Å². The van der Waals surface area contributed by atoms with Crippen LogP contribution in [0.15, 0.2) is 92.8 Å². The number of sulfone groups is 2. The zero-order chi connectivity index (χ0) is 32.1. The highest BCUT2D eigenvalue weighted by Gasteiger charge is 2.13. The van der Waals surface area contributed by atoms with Gasteiger partial charge in [-0.05, 0) is 61.4 Å². The maximum atomic E-state index is 14.3. The van der Waals surface area contributed by atoms with E-state index in [1.54, 1.807) is 50.2 Å². The Hall–Kier alpha value is -4.89. The second kappa shape index (κ2) is 13.2. The summed E-state index contributed by atoms with van der Waals surface area (Å²) in [4.78, 5) is 9.23. The van der Waals surface area contributed by atoms with Gasteiger partial charge in [-0.25, -0.2) is 21.2 Å². The number of rotatable bonds is 11. The van der Waals surface area contributed by atoms with Crippen molar-refractivity contribution in [2.75, 3.05) is 35.8 Å². The zero-order valence-electron chi connectivity index (χ0n) is 24.5. The summed E-state index contributed by atoms with van der Waals surface area (Å²) < 4.78 is 66.6. The summed E-state index contributed by atoms with van der Waals surface area (Å²) in [6.45, 7) is 3.48. The lowest BCUT2D eigenvalue weighted by molar-refractivity contribution is 0.388. The number of halogens is 1. The number of hydrogen-bond donors (Lipinski definition) is 3. The molecule has 230 valence electrons. The molecule has 0 radical (unpaired) electrons. The first-order valence-electron chi connectivity index (χ1n) is 12.9. The van der Waals surface area contributed by atoms with Gasteiger partial charge < -0.3 is 10.1 Å². The zero-order valence-corrected chi connectivity index (χ0v) is 26.1. The van der Waals surface area contributed by atoms with Gasteiger partial charge in [0.15, 0.2) is 42.9 Å². The lowest BCUT2D eigenvalue weighted by atomic mass is 10.1. The third-order valence-electron chi connectivity index (χ3n) is 6.22. The number of hydrogen-bond acceptors (Lipinski definition) is 12. The van der Waals surface area contributed by atoms with Gasteiger partial charge in [-0.15, -0.1) is 0 Å². The molecule has 44 heavy (non-hydrogen) atoms. The third-order valence-corrected chi connectivity index (χ3v) is 8.48. The Morgan fingerprint density at radius 2 is 1.20 bits per heavy atom. The van der Waals surface area contributed by atoms with Crippen LogP contribution < -0.4 is 20.9 Å². The minimum atomic E-state index is -3.33. The highest BCUT2D eigenvalue weighted by atomic mass is 32.2. The standard InChI is InChI=1S/C29H30FN7O5S2/c1-18(20-9-13-22(14-10-20)43(4,38)39)34-36-26-17-27(33-29(32-26)31-25-8-6-7-24(30)28(25)42-3)37-35-19(2)21-11-15-23(16-12-21)44(5,40)41/h6-17H,1-5H3,(H3,31,32,33,36,37). The summed E-state index contributed by atoms with van der Waals surface area (Å²) in [5.74, 6) is -0.0380. The van der Waals surface area contributed by atoms with Gasteiger partial charge in [-0.1, -0.05) is 30.3 Å². The third kappa shape index (κ3) is 8.14. The molecule has 0 aliphatic heterocycles. The predicted octanol–water partition coefficient (Wildman–Crippen LogP) is 4.85. The topological polar surface area (TPSA) is 164 Å². The van der Waals surface area contributed by atoms with Gasteiger partial charge in [0.2, 0.25) is 5.95 Å². The molecule has 0 saturated carbocycles. The van der Waals surface area contributed by atoms with E-state index in [9.17, 15) is 21.2 Å². The number of ether oxygens (including phenoxy) is 1. The highest BCUT2D eigenvalue weighted by Crippen LogP contribution is 2.30. The summed E-state index contributed by atoms with van der Waals surface area (Å²) in [6.07, 6.45) is 2.27. The summed E-state index contributed by atoms with van der Waals surface area (Å²) in [6, 6.07) is 18.5. The van der Waals surface area contributed by atoms with Crippen molar-refractivity contribution < 1.29 is 26.0 Å². The fourth-order valence-electron chi connectivity index (χ4n) is 3.85. The van der Waals surface area contributed by atoms with Crippen molar-refractivity contribution in [2.45, 2.75) is 23.6 Å². The van der Waals surface area contributed by atoms with E-state index in [4.69, 9.17) is 4.74 Å². The summed E-state index contributed by atoms with van der Waals surface area (Å²) in [5, 5.41) is 11.7. The molecule has 1 aromatic heterocycles. The van der Waals surface area contributed by atoms with Crippen LogP contribution in [0.2, 0.25) is 0 Å². The average molecular weight is 640 g/mol. The van der Waals surface area contributed by atoms with Crippen molar-refractivity contribution in [1.82, 2.24) is 9.97 Å². The quantitative estimate of drug-likeness (QED) is 0.153. The number of benzene rings is 3. The first-order valence-corrected chi connectivity index (χ1v) is 16.7. The Morgan fingerprint density at radius 1 is 0.750 bits per heavy atom. The van der Waals surface area contributed by atoms with E-state index < -0.39 is 25.5 Å². The van der Waals surface area contributed by atoms with Crippen LogP contribution >= 0.6 is 0 Å². The molecule has 0 atom stereocenters. The van der Waals surface area contributed by atoms with Crippen LogP contribution in [0.25, 0.3) is 0 Å². The molecule has 3 N–H and O–H groups in total. The van der Waals surface area contributed by atoms with Crippen LogP contribution in [0.1, 0.15) is 25.0 Å². The number of nitrogens with zero attached hydrogens (tertiary/aromatic N) is 4. The van der Waals surface area contributed by atoms with Gasteiger partial charge in [0.25, 0.3) is 0 Å². The molecule has 1 heterocycles. The molecular weight excluding hydrogens is 609 g/mol. The van der Waals surface area contributed by atoms with E-state index >= 15 is 0 Å². The minimum Gasteiger partial charge on any atom is -0.492 e. The van der Waals surface area contributed by atoms with Crippen molar-refractivity contribution in [2.24, 2.45) is 10.2 Å². The van der Waals surface area contributed by atoms with Crippen molar-refractivity contribution in [1.29, 1.82) is 0 Å². The Morgan fingerprint density at radius 3 is 1.61 bits per heavy atom. The monoisotopic (exact) mass is 639 g/mol. The number of para-hydroxylation sites is 1. The average Bonchev–Trinajstić information content (AvgIpc) is 2.98. The van der Waals surface area contributed by atoms with Gasteiger partial charge >= 0.3 is 0 Å². The molecular formula is C29H30FN7O5S2. The number of hydrazone groups is 2. The van der Waals surface area contributed by atoms with Crippen molar-refractivity contribution in [3.05, 3.63) is 89.7 Å². The van der Waals surface area contributed by atoms with Crippen molar-refractivity contribution in [3.8, 4) is 5.75 Å². The molecule has 0 bridgehead atoms. The van der Waals surface area contributed by atoms with E-state index in [1.165, 1.54) is 43.5 Å². The number of methoxy groups -OCH3 is 1. The van der Waals surface area contributed by atoms with E-state index in [0.29, 0.717) is 22.6 Å². The highest BCUT2D eigenvalue weighted by molar-refractivity contribution is 7.91. The van der Waals surface area contributed by atoms with Crippen LogP contribution in [0.3, 0.4) is 0 Å². The van der Waals surface area contributed by atoms with Gasteiger partial charge in [-0.3, -0.25) is 10.9 Å². The summed E-state index contributed by atoms with van der Waals surface area (Å²) in [5.41, 5.74) is 8.47. The molecule has 0 unspecified atom stereocenters. The number of aromatic nitrogens is 2. The van der Waals surface area contributed by atoms with Crippen LogP contribution in [0.5, 0.6) is 5.75 Å². The minimum absolute atomic E-state index is 0.0261.